The lowest BCUT2D eigenvalue weighted by molar-refractivity contribution is -0.119. The summed E-state index contributed by atoms with van der Waals surface area (Å²) in [5.41, 5.74) is 6.10. The molecule has 0 saturated heterocycles. The number of nitrogens with two attached hydrogens (primary N) is 1. The van der Waals surface area contributed by atoms with E-state index in [0.717, 1.165) is 4.90 Å². The molecule has 96 valence electrons. The van der Waals surface area contributed by atoms with Gasteiger partial charge in [-0.3, -0.25) is 0 Å². The molecule has 0 bridgehead atoms. The highest BCUT2D eigenvalue weighted by Gasteiger charge is 2.31. The van der Waals surface area contributed by atoms with E-state index in [1.165, 1.54) is 6.20 Å². The van der Waals surface area contributed by atoms with Gasteiger partial charge in [0.1, 0.15) is 12.4 Å². The second-order valence-corrected chi connectivity index (χ2v) is 4.39. The molecule has 0 radical (unpaired) electrons. The van der Waals surface area contributed by atoms with Crippen molar-refractivity contribution < 1.29 is 13.2 Å². The normalized spacial score (nSPS) is 11.6. The molecule has 1 aromatic heterocycles. The topological polar surface area (TPSA) is 42.2 Å². The van der Waals surface area contributed by atoms with Crippen LogP contribution in [0.15, 0.2) is 16.7 Å². The third-order valence-electron chi connectivity index (χ3n) is 2.18. The zero-order chi connectivity index (χ0) is 13.1. The molecule has 1 aromatic rings. The highest BCUT2D eigenvalue weighted by Crippen LogP contribution is 2.25. The Labute approximate surface area is 106 Å². The monoisotopic (exact) mass is 311 g/mol. The second-order valence-electron chi connectivity index (χ2n) is 3.47. The number of aromatic nitrogens is 1. The quantitative estimate of drug-likeness (QED) is 0.929. The Morgan fingerprint density at radius 3 is 2.59 bits per heavy atom. The van der Waals surface area contributed by atoms with Gasteiger partial charge in [0.15, 0.2) is 0 Å². The molecule has 17 heavy (non-hydrogen) atoms. The van der Waals surface area contributed by atoms with E-state index in [4.69, 9.17) is 5.73 Å². The molecule has 0 aliphatic heterocycles. The van der Waals surface area contributed by atoms with E-state index in [1.807, 2.05) is 0 Å². The SMILES string of the molecule is CCN(CC(F)(F)F)c1ncc(Br)cc1CN. The summed E-state index contributed by atoms with van der Waals surface area (Å²) in [6.45, 7) is 0.998. The standard InChI is InChI=1S/C10H13BrF3N3/c1-2-17(6-10(12,13)14)9-7(4-15)3-8(11)5-16-9/h3,5H,2,4,6,15H2,1H3. The summed E-state index contributed by atoms with van der Waals surface area (Å²) >= 11 is 3.21. The van der Waals surface area contributed by atoms with Crippen LogP contribution in [0.1, 0.15) is 12.5 Å². The molecular weight excluding hydrogens is 299 g/mol. The second kappa shape index (κ2) is 5.68. The van der Waals surface area contributed by atoms with Crippen LogP contribution in [0.5, 0.6) is 0 Å². The molecule has 0 aliphatic rings. The zero-order valence-corrected chi connectivity index (χ0v) is 10.8. The van der Waals surface area contributed by atoms with Gasteiger partial charge in [-0.1, -0.05) is 0 Å². The van der Waals surface area contributed by atoms with Crippen molar-refractivity contribution in [3.05, 3.63) is 22.3 Å². The maximum absolute atomic E-state index is 12.4. The summed E-state index contributed by atoms with van der Waals surface area (Å²) in [5.74, 6) is 0.288. The van der Waals surface area contributed by atoms with E-state index in [2.05, 4.69) is 20.9 Å². The van der Waals surface area contributed by atoms with E-state index < -0.39 is 12.7 Å². The van der Waals surface area contributed by atoms with Crippen molar-refractivity contribution in [1.29, 1.82) is 0 Å². The number of hydrogen-bond acceptors (Lipinski definition) is 3. The van der Waals surface area contributed by atoms with Gasteiger partial charge in [0, 0.05) is 29.3 Å². The van der Waals surface area contributed by atoms with Gasteiger partial charge in [-0.2, -0.15) is 13.2 Å². The fourth-order valence-corrected chi connectivity index (χ4v) is 1.84. The van der Waals surface area contributed by atoms with Crippen LogP contribution in [-0.4, -0.2) is 24.2 Å². The third kappa shape index (κ3) is 4.16. The van der Waals surface area contributed by atoms with Gasteiger partial charge in [-0.05, 0) is 28.9 Å². The first-order chi connectivity index (χ1) is 7.87. The lowest BCUT2D eigenvalue weighted by Crippen LogP contribution is -2.35. The molecular formula is C10H13BrF3N3. The first-order valence-electron chi connectivity index (χ1n) is 5.03. The van der Waals surface area contributed by atoms with Gasteiger partial charge >= 0.3 is 6.18 Å². The summed E-state index contributed by atoms with van der Waals surface area (Å²) in [7, 11) is 0. The molecule has 0 spiro atoms. The molecule has 7 heteroatoms. The smallest absolute Gasteiger partial charge is 0.348 e. The van der Waals surface area contributed by atoms with Crippen LogP contribution in [0.4, 0.5) is 19.0 Å². The van der Waals surface area contributed by atoms with Crippen LogP contribution in [0, 0.1) is 0 Å². The molecule has 0 atom stereocenters. The van der Waals surface area contributed by atoms with Crippen molar-refractivity contribution in [3.63, 3.8) is 0 Å². The minimum absolute atomic E-state index is 0.149. The highest BCUT2D eigenvalue weighted by atomic mass is 79.9. The molecule has 0 amide bonds. The van der Waals surface area contributed by atoms with Crippen LogP contribution >= 0.6 is 15.9 Å². The number of halogens is 4. The van der Waals surface area contributed by atoms with Crippen LogP contribution < -0.4 is 10.6 Å². The Morgan fingerprint density at radius 2 is 2.12 bits per heavy atom. The first kappa shape index (κ1) is 14.2. The molecule has 1 rings (SSSR count). The predicted octanol–water partition coefficient (Wildman–Crippen LogP) is 2.69. The number of hydrogen-bond donors (Lipinski definition) is 1. The summed E-state index contributed by atoms with van der Waals surface area (Å²) in [5, 5.41) is 0. The summed E-state index contributed by atoms with van der Waals surface area (Å²) in [4.78, 5) is 5.16. The Bertz CT molecular complexity index is 382. The molecule has 0 unspecified atom stereocenters. The molecule has 0 aliphatic carbocycles. The minimum Gasteiger partial charge on any atom is -0.348 e. The maximum Gasteiger partial charge on any atom is 0.405 e. The number of anilines is 1. The molecule has 0 fully saturated rings. The number of rotatable bonds is 4. The molecule has 3 nitrogen and oxygen atoms in total. The van der Waals surface area contributed by atoms with E-state index in [9.17, 15) is 13.2 Å². The van der Waals surface area contributed by atoms with E-state index in [0.29, 0.717) is 10.0 Å². The van der Waals surface area contributed by atoms with Crippen LogP contribution in [0.2, 0.25) is 0 Å². The number of nitrogens with zero attached hydrogens (tertiary/aromatic N) is 2. The summed E-state index contributed by atoms with van der Waals surface area (Å²) < 4.78 is 37.8. The summed E-state index contributed by atoms with van der Waals surface area (Å²) in [6, 6.07) is 1.68. The van der Waals surface area contributed by atoms with Crippen LogP contribution in [-0.2, 0) is 6.54 Å². The van der Waals surface area contributed by atoms with E-state index in [-0.39, 0.29) is 18.9 Å². The van der Waals surface area contributed by atoms with Crippen molar-refractivity contribution in [2.45, 2.75) is 19.6 Å². The third-order valence-corrected chi connectivity index (χ3v) is 2.61. The molecule has 0 saturated carbocycles. The van der Waals surface area contributed by atoms with Crippen molar-refractivity contribution in [1.82, 2.24) is 4.98 Å². The largest absolute Gasteiger partial charge is 0.405 e. The Hall–Kier alpha value is -0.820. The van der Waals surface area contributed by atoms with Gasteiger partial charge < -0.3 is 10.6 Å². The molecule has 1 heterocycles. The van der Waals surface area contributed by atoms with Gasteiger partial charge in [-0.25, -0.2) is 4.98 Å². The van der Waals surface area contributed by atoms with Crippen molar-refractivity contribution in [2.24, 2.45) is 5.73 Å². The van der Waals surface area contributed by atoms with E-state index >= 15 is 0 Å². The Kier molecular flexibility index (Phi) is 4.76. The first-order valence-corrected chi connectivity index (χ1v) is 5.83. The van der Waals surface area contributed by atoms with Gasteiger partial charge in [0.05, 0.1) is 0 Å². The average molecular weight is 312 g/mol. The lowest BCUT2D eigenvalue weighted by atomic mass is 10.2. The summed E-state index contributed by atoms with van der Waals surface area (Å²) in [6.07, 6.45) is -2.79. The Morgan fingerprint density at radius 1 is 1.47 bits per heavy atom. The predicted molar refractivity (Wildman–Crippen MR) is 63.8 cm³/mol. The Balaban J connectivity index is 3.03. The van der Waals surface area contributed by atoms with Gasteiger partial charge in [0.2, 0.25) is 0 Å². The number of alkyl halides is 3. The van der Waals surface area contributed by atoms with Gasteiger partial charge in [-0.15, -0.1) is 0 Å². The number of pyridine rings is 1. The minimum atomic E-state index is -4.25. The fraction of sp³-hybridized carbons (Fsp3) is 0.500. The van der Waals surface area contributed by atoms with Crippen molar-refractivity contribution in [3.8, 4) is 0 Å². The van der Waals surface area contributed by atoms with Crippen molar-refractivity contribution >= 4 is 21.7 Å². The van der Waals surface area contributed by atoms with Crippen molar-refractivity contribution in [2.75, 3.05) is 18.0 Å². The highest BCUT2D eigenvalue weighted by molar-refractivity contribution is 9.10. The molecule has 0 aromatic carbocycles. The van der Waals surface area contributed by atoms with Crippen LogP contribution in [0.3, 0.4) is 0 Å². The van der Waals surface area contributed by atoms with Crippen LogP contribution in [0.25, 0.3) is 0 Å². The lowest BCUT2D eigenvalue weighted by Gasteiger charge is -2.25. The average Bonchev–Trinajstić information content (AvgIpc) is 2.24. The van der Waals surface area contributed by atoms with E-state index in [1.54, 1.807) is 13.0 Å². The zero-order valence-electron chi connectivity index (χ0n) is 9.26. The fourth-order valence-electron chi connectivity index (χ4n) is 1.46. The van der Waals surface area contributed by atoms with Gasteiger partial charge in [0.25, 0.3) is 0 Å². The molecule has 2 N–H and O–H groups in total. The maximum atomic E-state index is 12.4.